The van der Waals surface area contributed by atoms with Crippen LogP contribution in [-0.2, 0) is 11.3 Å². The van der Waals surface area contributed by atoms with E-state index in [4.69, 9.17) is 0 Å². The topological polar surface area (TPSA) is 49.3 Å². The molecule has 0 aromatic carbocycles. The van der Waals surface area contributed by atoms with E-state index in [0.717, 1.165) is 42.3 Å². The van der Waals surface area contributed by atoms with E-state index < -0.39 is 0 Å². The van der Waals surface area contributed by atoms with Gasteiger partial charge in [-0.05, 0) is 31.9 Å². The minimum Gasteiger partial charge on any atom is -0.306 e. The smallest absolute Gasteiger partial charge is 0.227 e. The quantitative estimate of drug-likeness (QED) is 0.869. The number of hydrogen-bond acceptors (Lipinski definition) is 5. The van der Waals surface area contributed by atoms with Crippen molar-refractivity contribution in [3.05, 3.63) is 40.6 Å². The SMILES string of the molecule is Cc1nc(CN2CC[C@H]3[C@@H]2CCC(=O)N3c2cccnc2)cs1. The number of anilines is 1. The summed E-state index contributed by atoms with van der Waals surface area (Å²) in [4.78, 5) is 25.7. The van der Waals surface area contributed by atoms with Crippen LogP contribution in [0.15, 0.2) is 29.9 Å². The van der Waals surface area contributed by atoms with Crippen molar-refractivity contribution in [3.63, 3.8) is 0 Å². The summed E-state index contributed by atoms with van der Waals surface area (Å²) in [7, 11) is 0. The van der Waals surface area contributed by atoms with Crippen molar-refractivity contribution in [1.29, 1.82) is 0 Å². The fourth-order valence-electron chi connectivity index (χ4n) is 3.87. The Morgan fingerprint density at radius 3 is 3.00 bits per heavy atom. The summed E-state index contributed by atoms with van der Waals surface area (Å²) in [6.45, 7) is 3.96. The molecule has 2 aromatic heterocycles. The molecular weight excluding hydrogens is 308 g/mol. The van der Waals surface area contributed by atoms with Gasteiger partial charge in [-0.2, -0.15) is 0 Å². The van der Waals surface area contributed by atoms with Gasteiger partial charge in [-0.1, -0.05) is 0 Å². The summed E-state index contributed by atoms with van der Waals surface area (Å²) >= 11 is 1.70. The molecule has 1 amide bonds. The molecule has 0 saturated carbocycles. The second kappa shape index (κ2) is 6.02. The Bertz CT molecular complexity index is 702. The Morgan fingerprint density at radius 1 is 1.35 bits per heavy atom. The Labute approximate surface area is 140 Å². The van der Waals surface area contributed by atoms with Crippen LogP contribution >= 0.6 is 11.3 Å². The number of rotatable bonds is 3. The largest absolute Gasteiger partial charge is 0.306 e. The lowest BCUT2D eigenvalue weighted by atomic mass is 9.95. The van der Waals surface area contributed by atoms with Gasteiger partial charge in [0.05, 0.1) is 28.6 Å². The van der Waals surface area contributed by atoms with Gasteiger partial charge in [-0.25, -0.2) is 4.98 Å². The summed E-state index contributed by atoms with van der Waals surface area (Å²) in [6, 6.07) is 4.58. The first-order valence-electron chi connectivity index (χ1n) is 8.09. The number of thiazole rings is 1. The van der Waals surface area contributed by atoms with Gasteiger partial charge < -0.3 is 4.90 Å². The van der Waals surface area contributed by atoms with Crippen LogP contribution in [0.4, 0.5) is 5.69 Å². The van der Waals surface area contributed by atoms with Gasteiger partial charge in [-0.3, -0.25) is 14.7 Å². The predicted octanol–water partition coefficient (Wildman–Crippen LogP) is 2.62. The number of pyridine rings is 1. The number of fused-ring (bicyclic) bond motifs is 1. The zero-order chi connectivity index (χ0) is 15.8. The second-order valence-electron chi connectivity index (χ2n) is 6.27. The maximum atomic E-state index is 12.5. The van der Waals surface area contributed by atoms with Gasteiger partial charge >= 0.3 is 0 Å². The van der Waals surface area contributed by atoms with Gasteiger partial charge in [0.1, 0.15) is 0 Å². The Morgan fingerprint density at radius 2 is 2.26 bits per heavy atom. The standard InChI is InChI=1S/C17H20N4OS/c1-12-19-13(11-23-12)10-20-8-6-16-15(20)4-5-17(22)21(16)14-3-2-7-18-9-14/h2-3,7,9,11,15-16H,4-6,8,10H2,1H3/t15-,16-/m0/s1. The molecule has 0 unspecified atom stereocenters. The fraction of sp³-hybridized carbons (Fsp3) is 0.471. The van der Waals surface area contributed by atoms with Gasteiger partial charge in [0.25, 0.3) is 0 Å². The molecule has 4 rings (SSSR count). The molecule has 2 aliphatic rings. The van der Waals surface area contributed by atoms with E-state index in [1.807, 2.05) is 24.0 Å². The molecular formula is C17H20N4OS. The molecule has 2 aromatic rings. The summed E-state index contributed by atoms with van der Waals surface area (Å²) in [5.74, 6) is 0.227. The van der Waals surface area contributed by atoms with Crippen LogP contribution < -0.4 is 4.90 Å². The van der Waals surface area contributed by atoms with Gasteiger partial charge in [0.2, 0.25) is 5.91 Å². The Kier molecular flexibility index (Phi) is 3.87. The number of carbonyl (C=O) groups is 1. The highest BCUT2D eigenvalue weighted by atomic mass is 32.1. The average molecular weight is 328 g/mol. The molecule has 0 radical (unpaired) electrons. The van der Waals surface area contributed by atoms with Crippen molar-refractivity contribution in [2.24, 2.45) is 0 Å². The van der Waals surface area contributed by atoms with Crippen LogP contribution in [0.1, 0.15) is 30.0 Å². The first-order chi connectivity index (χ1) is 11.2. The zero-order valence-corrected chi connectivity index (χ0v) is 14.0. The lowest BCUT2D eigenvalue weighted by Gasteiger charge is -2.39. The number of amides is 1. The Hall–Kier alpha value is -1.79. The van der Waals surface area contributed by atoms with E-state index in [-0.39, 0.29) is 11.9 Å². The molecule has 0 aliphatic carbocycles. The maximum absolute atomic E-state index is 12.5. The summed E-state index contributed by atoms with van der Waals surface area (Å²) < 4.78 is 0. The van der Waals surface area contributed by atoms with Crippen molar-refractivity contribution in [2.45, 2.75) is 44.8 Å². The minimum atomic E-state index is 0.227. The first kappa shape index (κ1) is 14.8. The number of aromatic nitrogens is 2. The molecule has 2 saturated heterocycles. The van der Waals surface area contributed by atoms with Crippen LogP contribution in [0, 0.1) is 6.92 Å². The van der Waals surface area contributed by atoms with E-state index >= 15 is 0 Å². The molecule has 0 bridgehead atoms. The summed E-state index contributed by atoms with van der Waals surface area (Å²) in [5, 5.41) is 3.27. The third-order valence-corrected chi connectivity index (χ3v) is 5.66. The van der Waals surface area contributed by atoms with E-state index in [9.17, 15) is 4.79 Å². The minimum absolute atomic E-state index is 0.227. The maximum Gasteiger partial charge on any atom is 0.227 e. The fourth-order valence-corrected chi connectivity index (χ4v) is 4.47. The van der Waals surface area contributed by atoms with E-state index in [1.54, 1.807) is 23.7 Å². The molecule has 2 atom stereocenters. The number of carbonyl (C=O) groups excluding carboxylic acids is 1. The predicted molar refractivity (Wildman–Crippen MR) is 90.4 cm³/mol. The van der Waals surface area contributed by atoms with Crippen molar-refractivity contribution in [2.75, 3.05) is 11.4 Å². The lowest BCUT2D eigenvalue weighted by molar-refractivity contribution is -0.120. The molecule has 0 spiro atoms. The number of likely N-dealkylation sites (tertiary alicyclic amines) is 1. The third-order valence-electron chi connectivity index (χ3n) is 4.84. The van der Waals surface area contributed by atoms with Crippen molar-refractivity contribution < 1.29 is 4.79 Å². The first-order valence-corrected chi connectivity index (χ1v) is 8.97. The van der Waals surface area contributed by atoms with Crippen molar-refractivity contribution in [1.82, 2.24) is 14.9 Å². The molecule has 120 valence electrons. The van der Waals surface area contributed by atoms with Crippen LogP contribution in [0.25, 0.3) is 0 Å². The highest BCUT2D eigenvalue weighted by Crippen LogP contribution is 2.35. The molecule has 0 N–H and O–H groups in total. The lowest BCUT2D eigenvalue weighted by Crippen LogP contribution is -2.52. The average Bonchev–Trinajstić information content (AvgIpc) is 3.15. The summed E-state index contributed by atoms with van der Waals surface area (Å²) in [6.07, 6.45) is 6.13. The van der Waals surface area contributed by atoms with E-state index in [0.29, 0.717) is 12.5 Å². The third kappa shape index (κ3) is 2.77. The number of nitrogens with zero attached hydrogens (tertiary/aromatic N) is 4. The molecule has 2 fully saturated rings. The highest BCUT2D eigenvalue weighted by Gasteiger charge is 2.43. The summed E-state index contributed by atoms with van der Waals surface area (Å²) in [5.41, 5.74) is 2.08. The zero-order valence-electron chi connectivity index (χ0n) is 13.2. The second-order valence-corrected chi connectivity index (χ2v) is 7.33. The van der Waals surface area contributed by atoms with Crippen molar-refractivity contribution >= 4 is 22.9 Å². The Balaban J connectivity index is 1.55. The van der Waals surface area contributed by atoms with Crippen LogP contribution in [0.5, 0.6) is 0 Å². The van der Waals surface area contributed by atoms with Gasteiger partial charge in [0.15, 0.2) is 0 Å². The van der Waals surface area contributed by atoms with Gasteiger partial charge in [-0.15, -0.1) is 11.3 Å². The van der Waals surface area contributed by atoms with Gasteiger partial charge in [0, 0.05) is 37.1 Å². The van der Waals surface area contributed by atoms with Crippen molar-refractivity contribution in [3.8, 4) is 0 Å². The van der Waals surface area contributed by atoms with Crippen LogP contribution in [0.2, 0.25) is 0 Å². The van der Waals surface area contributed by atoms with Crippen LogP contribution in [-0.4, -0.2) is 39.4 Å². The number of hydrogen-bond donors (Lipinski definition) is 0. The molecule has 5 nitrogen and oxygen atoms in total. The number of piperidine rings is 1. The van der Waals surface area contributed by atoms with E-state index in [1.165, 1.54) is 0 Å². The highest BCUT2D eigenvalue weighted by molar-refractivity contribution is 7.09. The monoisotopic (exact) mass is 328 g/mol. The molecule has 23 heavy (non-hydrogen) atoms. The van der Waals surface area contributed by atoms with Crippen LogP contribution in [0.3, 0.4) is 0 Å². The molecule has 2 aliphatic heterocycles. The molecule has 4 heterocycles. The van der Waals surface area contributed by atoms with E-state index in [2.05, 4.69) is 20.2 Å². The number of aryl methyl sites for hydroxylation is 1. The normalized spacial score (nSPS) is 24.9. The molecule has 6 heteroatoms.